The zero-order chi connectivity index (χ0) is 15.1. The Morgan fingerprint density at radius 2 is 2.05 bits per heavy atom. The van der Waals surface area contributed by atoms with Crippen molar-refractivity contribution in [2.45, 2.75) is 6.92 Å². The van der Waals surface area contributed by atoms with Crippen molar-refractivity contribution >= 4 is 11.7 Å². The van der Waals surface area contributed by atoms with Crippen LogP contribution in [0.15, 0.2) is 42.5 Å². The molecule has 1 aromatic heterocycles. The molecule has 110 valence electrons. The van der Waals surface area contributed by atoms with Crippen LogP contribution in [0.2, 0.25) is 0 Å². The molecule has 0 saturated carbocycles. The number of hydrogen-bond donors (Lipinski definition) is 2. The average molecular weight is 285 g/mol. The Morgan fingerprint density at radius 1 is 1.24 bits per heavy atom. The minimum Gasteiger partial charge on any atom is -0.492 e. The van der Waals surface area contributed by atoms with E-state index in [2.05, 4.69) is 15.6 Å². The van der Waals surface area contributed by atoms with Gasteiger partial charge in [0.05, 0.1) is 6.54 Å². The molecule has 21 heavy (non-hydrogen) atoms. The molecule has 5 nitrogen and oxygen atoms in total. The second-order valence-corrected chi connectivity index (χ2v) is 4.58. The van der Waals surface area contributed by atoms with Crippen molar-refractivity contribution in [2.75, 3.05) is 25.5 Å². The van der Waals surface area contributed by atoms with E-state index in [1.807, 2.05) is 31.2 Å². The number of hydrogen-bond acceptors (Lipinski definition) is 4. The number of ether oxygens (including phenoxy) is 1. The van der Waals surface area contributed by atoms with Crippen molar-refractivity contribution in [1.82, 2.24) is 10.3 Å². The Hall–Kier alpha value is -2.56. The fourth-order valence-corrected chi connectivity index (χ4v) is 1.83. The summed E-state index contributed by atoms with van der Waals surface area (Å²) in [6.45, 7) is 2.86. The summed E-state index contributed by atoms with van der Waals surface area (Å²) in [7, 11) is 1.76. The fourth-order valence-electron chi connectivity index (χ4n) is 1.83. The number of aromatic nitrogens is 1. The molecule has 2 aromatic rings. The van der Waals surface area contributed by atoms with Gasteiger partial charge in [0.15, 0.2) is 0 Å². The molecule has 0 aliphatic carbocycles. The third kappa shape index (κ3) is 4.49. The van der Waals surface area contributed by atoms with E-state index in [0.717, 1.165) is 11.3 Å². The van der Waals surface area contributed by atoms with Gasteiger partial charge in [0.2, 0.25) is 0 Å². The van der Waals surface area contributed by atoms with E-state index in [1.54, 1.807) is 25.2 Å². The largest absolute Gasteiger partial charge is 0.492 e. The van der Waals surface area contributed by atoms with E-state index >= 15 is 0 Å². The van der Waals surface area contributed by atoms with Crippen molar-refractivity contribution < 1.29 is 9.53 Å². The van der Waals surface area contributed by atoms with Crippen molar-refractivity contribution in [3.8, 4) is 5.75 Å². The monoisotopic (exact) mass is 285 g/mol. The lowest BCUT2D eigenvalue weighted by Crippen LogP contribution is -2.28. The molecule has 5 heteroatoms. The number of benzene rings is 1. The molecule has 1 heterocycles. The highest BCUT2D eigenvalue weighted by atomic mass is 16.5. The Kier molecular flexibility index (Phi) is 5.15. The first kappa shape index (κ1) is 14.8. The smallest absolute Gasteiger partial charge is 0.270 e. The molecule has 0 fully saturated rings. The van der Waals surface area contributed by atoms with Gasteiger partial charge in [0, 0.05) is 7.05 Å². The highest BCUT2D eigenvalue weighted by Gasteiger charge is 2.06. The van der Waals surface area contributed by atoms with Crippen LogP contribution in [-0.2, 0) is 0 Å². The lowest BCUT2D eigenvalue weighted by molar-refractivity contribution is 0.0942. The summed E-state index contributed by atoms with van der Waals surface area (Å²) in [6, 6.07) is 13.1. The number of pyridine rings is 1. The number of amides is 1. The first-order chi connectivity index (χ1) is 10.2. The van der Waals surface area contributed by atoms with E-state index in [9.17, 15) is 4.79 Å². The van der Waals surface area contributed by atoms with Crippen LogP contribution < -0.4 is 15.4 Å². The van der Waals surface area contributed by atoms with E-state index in [0.29, 0.717) is 24.7 Å². The second-order valence-electron chi connectivity index (χ2n) is 4.58. The standard InChI is InChI=1S/C16H19N3O2/c1-12-5-3-6-13(11-12)21-10-9-18-16(20)14-7-4-8-15(17-2)19-14/h3-8,11H,9-10H2,1-2H3,(H,17,19)(H,18,20). The molecule has 0 bridgehead atoms. The summed E-state index contributed by atoms with van der Waals surface area (Å²) in [5.41, 5.74) is 1.53. The van der Waals surface area contributed by atoms with Crippen LogP contribution in [-0.4, -0.2) is 31.1 Å². The van der Waals surface area contributed by atoms with Crippen LogP contribution in [0.5, 0.6) is 5.75 Å². The van der Waals surface area contributed by atoms with Crippen LogP contribution >= 0.6 is 0 Å². The van der Waals surface area contributed by atoms with Gasteiger partial charge in [-0.05, 0) is 36.8 Å². The van der Waals surface area contributed by atoms with E-state index < -0.39 is 0 Å². The molecule has 0 spiro atoms. The summed E-state index contributed by atoms with van der Waals surface area (Å²) in [5, 5.41) is 5.68. The normalized spacial score (nSPS) is 10.0. The summed E-state index contributed by atoms with van der Waals surface area (Å²) < 4.78 is 5.57. The summed E-state index contributed by atoms with van der Waals surface area (Å²) in [6.07, 6.45) is 0. The topological polar surface area (TPSA) is 63.2 Å². The van der Waals surface area contributed by atoms with Gasteiger partial charge in [0.25, 0.3) is 5.91 Å². The molecular weight excluding hydrogens is 266 g/mol. The molecule has 0 unspecified atom stereocenters. The van der Waals surface area contributed by atoms with Gasteiger partial charge in [-0.15, -0.1) is 0 Å². The molecule has 1 aromatic carbocycles. The fraction of sp³-hybridized carbons (Fsp3) is 0.250. The Labute approximate surface area is 124 Å². The van der Waals surface area contributed by atoms with Crippen molar-refractivity contribution in [3.05, 3.63) is 53.7 Å². The Morgan fingerprint density at radius 3 is 2.81 bits per heavy atom. The Bertz CT molecular complexity index is 614. The van der Waals surface area contributed by atoms with Gasteiger partial charge in [0.1, 0.15) is 23.9 Å². The van der Waals surface area contributed by atoms with Gasteiger partial charge in [-0.25, -0.2) is 4.98 Å². The van der Waals surface area contributed by atoms with Crippen LogP contribution in [0.3, 0.4) is 0 Å². The minimum atomic E-state index is -0.208. The molecule has 0 atom stereocenters. The maximum Gasteiger partial charge on any atom is 0.270 e. The number of carbonyl (C=O) groups excluding carboxylic acids is 1. The first-order valence-corrected chi connectivity index (χ1v) is 6.81. The molecule has 2 N–H and O–H groups in total. The van der Waals surface area contributed by atoms with E-state index in [4.69, 9.17) is 4.74 Å². The van der Waals surface area contributed by atoms with Gasteiger partial charge < -0.3 is 15.4 Å². The van der Waals surface area contributed by atoms with Gasteiger partial charge in [-0.3, -0.25) is 4.79 Å². The van der Waals surface area contributed by atoms with Gasteiger partial charge in [-0.1, -0.05) is 18.2 Å². The molecule has 0 aliphatic heterocycles. The molecular formula is C16H19N3O2. The van der Waals surface area contributed by atoms with Crippen molar-refractivity contribution in [1.29, 1.82) is 0 Å². The summed E-state index contributed by atoms with van der Waals surface area (Å²) in [5.74, 6) is 1.26. The summed E-state index contributed by atoms with van der Waals surface area (Å²) in [4.78, 5) is 16.1. The molecule has 2 rings (SSSR count). The van der Waals surface area contributed by atoms with Crippen LogP contribution in [0.25, 0.3) is 0 Å². The SMILES string of the molecule is CNc1cccc(C(=O)NCCOc2cccc(C)c2)n1. The lowest BCUT2D eigenvalue weighted by atomic mass is 10.2. The highest BCUT2D eigenvalue weighted by Crippen LogP contribution is 2.11. The van der Waals surface area contributed by atoms with Crippen LogP contribution in [0.4, 0.5) is 5.82 Å². The zero-order valence-electron chi connectivity index (χ0n) is 12.2. The van der Waals surface area contributed by atoms with E-state index in [-0.39, 0.29) is 5.91 Å². The lowest BCUT2D eigenvalue weighted by Gasteiger charge is -2.08. The average Bonchev–Trinajstić information content (AvgIpc) is 2.51. The number of aryl methyl sites for hydroxylation is 1. The second kappa shape index (κ2) is 7.28. The number of nitrogens with zero attached hydrogens (tertiary/aromatic N) is 1. The molecule has 0 aliphatic rings. The number of rotatable bonds is 6. The maximum atomic E-state index is 11.9. The molecule has 1 amide bonds. The maximum absolute atomic E-state index is 11.9. The third-order valence-electron chi connectivity index (χ3n) is 2.88. The minimum absolute atomic E-state index is 0.208. The third-order valence-corrected chi connectivity index (χ3v) is 2.88. The number of carbonyl (C=O) groups is 1. The van der Waals surface area contributed by atoms with Gasteiger partial charge >= 0.3 is 0 Å². The molecule has 0 saturated heterocycles. The molecule has 0 radical (unpaired) electrons. The predicted octanol–water partition coefficient (Wildman–Crippen LogP) is 2.24. The van der Waals surface area contributed by atoms with E-state index in [1.165, 1.54) is 0 Å². The van der Waals surface area contributed by atoms with Crippen molar-refractivity contribution in [3.63, 3.8) is 0 Å². The number of nitrogens with one attached hydrogen (secondary N) is 2. The number of anilines is 1. The zero-order valence-corrected chi connectivity index (χ0v) is 12.2. The summed E-state index contributed by atoms with van der Waals surface area (Å²) >= 11 is 0. The first-order valence-electron chi connectivity index (χ1n) is 6.81. The highest BCUT2D eigenvalue weighted by molar-refractivity contribution is 5.92. The van der Waals surface area contributed by atoms with Crippen molar-refractivity contribution in [2.24, 2.45) is 0 Å². The van der Waals surface area contributed by atoms with Gasteiger partial charge in [-0.2, -0.15) is 0 Å². The quantitative estimate of drug-likeness (QED) is 0.799. The van der Waals surface area contributed by atoms with Crippen LogP contribution in [0.1, 0.15) is 16.1 Å². The Balaban J connectivity index is 1.79. The van der Waals surface area contributed by atoms with Crippen LogP contribution in [0, 0.1) is 6.92 Å². The predicted molar refractivity (Wildman–Crippen MR) is 82.8 cm³/mol.